The predicted molar refractivity (Wildman–Crippen MR) is 72.5 cm³/mol. The van der Waals surface area contributed by atoms with Crippen molar-refractivity contribution in [2.75, 3.05) is 0 Å². The van der Waals surface area contributed by atoms with Crippen LogP contribution in [0.3, 0.4) is 0 Å². The molecule has 2 aromatic rings. The Hall–Kier alpha value is -2.30. The van der Waals surface area contributed by atoms with Crippen LogP contribution in [0.15, 0.2) is 42.6 Å². The Morgan fingerprint density at radius 2 is 2.05 bits per heavy atom. The van der Waals surface area contributed by atoms with Crippen LogP contribution < -0.4 is 0 Å². The molecule has 0 fully saturated rings. The molecular weight excluding hydrogens is 267 g/mol. The fourth-order valence-electron chi connectivity index (χ4n) is 1.82. The Bertz CT molecular complexity index is 707. The second-order valence-electron chi connectivity index (χ2n) is 4.51. The van der Waals surface area contributed by atoms with Crippen molar-refractivity contribution in [3.05, 3.63) is 53.8 Å². The first-order chi connectivity index (χ1) is 9.29. The molecule has 0 bridgehead atoms. The minimum Gasteiger partial charge on any atom is -0.360 e. The zero-order valence-corrected chi connectivity index (χ0v) is 10.7. The average Bonchev–Trinajstić information content (AvgIpc) is 2.77. The molecule has 1 aromatic carbocycles. The minimum absolute atomic E-state index is 0.260. The molecule has 2 nitrogen and oxygen atoms in total. The van der Waals surface area contributed by atoms with E-state index in [0.717, 1.165) is 11.8 Å². The lowest BCUT2D eigenvalue weighted by Gasteiger charge is -2.03. The highest BCUT2D eigenvalue weighted by atomic mass is 19.4. The summed E-state index contributed by atoms with van der Waals surface area (Å²) in [4.78, 5) is 14.0. The van der Waals surface area contributed by atoms with Gasteiger partial charge in [0.25, 0.3) is 5.78 Å². The van der Waals surface area contributed by atoms with E-state index in [1.54, 1.807) is 30.4 Å². The number of carbonyl (C=O) groups is 1. The van der Waals surface area contributed by atoms with E-state index >= 15 is 0 Å². The van der Waals surface area contributed by atoms with E-state index in [1.807, 2.05) is 6.92 Å². The maximum Gasteiger partial charge on any atom is 0.454 e. The van der Waals surface area contributed by atoms with Crippen LogP contribution >= 0.6 is 0 Å². The summed E-state index contributed by atoms with van der Waals surface area (Å²) in [6.45, 7) is 5.51. The highest BCUT2D eigenvalue weighted by Crippen LogP contribution is 2.27. The van der Waals surface area contributed by atoms with Gasteiger partial charge in [-0.05, 0) is 24.6 Å². The minimum atomic E-state index is -4.88. The van der Waals surface area contributed by atoms with Gasteiger partial charge in [-0.1, -0.05) is 30.4 Å². The molecule has 0 aliphatic heterocycles. The Labute approximate surface area is 113 Å². The normalized spacial score (nSPS) is 12.2. The molecule has 1 aromatic heterocycles. The molecule has 1 heterocycles. The van der Waals surface area contributed by atoms with Crippen LogP contribution in [0.2, 0.25) is 0 Å². The van der Waals surface area contributed by atoms with Crippen molar-refractivity contribution in [2.45, 2.75) is 13.1 Å². The van der Waals surface area contributed by atoms with Crippen molar-refractivity contribution in [1.29, 1.82) is 0 Å². The lowest BCUT2D eigenvalue weighted by molar-refractivity contribution is -0.0884. The van der Waals surface area contributed by atoms with Crippen LogP contribution in [-0.4, -0.2) is 16.9 Å². The Morgan fingerprint density at radius 1 is 1.35 bits per heavy atom. The second-order valence-corrected chi connectivity index (χ2v) is 4.51. The van der Waals surface area contributed by atoms with Crippen molar-refractivity contribution < 1.29 is 18.0 Å². The van der Waals surface area contributed by atoms with Crippen LogP contribution in [0, 0.1) is 0 Å². The van der Waals surface area contributed by atoms with E-state index in [-0.39, 0.29) is 10.9 Å². The van der Waals surface area contributed by atoms with Gasteiger partial charge in [0.05, 0.1) is 5.56 Å². The number of H-pyrrole nitrogens is 1. The quantitative estimate of drug-likeness (QED) is 0.651. The van der Waals surface area contributed by atoms with Gasteiger partial charge in [0.15, 0.2) is 0 Å². The summed E-state index contributed by atoms with van der Waals surface area (Å²) in [5.74, 6) is -1.84. The molecule has 0 saturated heterocycles. The number of carbonyl (C=O) groups excluding carboxylic acids is 1. The standard InChI is InChI=1S/C15H12F3NO/c1-9(2)3-4-10-5-6-13-11(7-10)12(8-19-13)14(20)15(16,17)18/h3-8,19H,1H2,2H3/b4-3+. The number of ketones is 1. The summed E-state index contributed by atoms with van der Waals surface area (Å²) in [6.07, 6.45) is -0.304. The number of hydrogen-bond donors (Lipinski definition) is 1. The Kier molecular flexibility index (Phi) is 3.53. The number of nitrogens with one attached hydrogen (secondary N) is 1. The summed E-state index contributed by atoms with van der Waals surface area (Å²) in [6, 6.07) is 4.94. The summed E-state index contributed by atoms with van der Waals surface area (Å²) in [5, 5.41) is 0.260. The van der Waals surface area contributed by atoms with E-state index in [4.69, 9.17) is 0 Å². The number of aromatic amines is 1. The van der Waals surface area contributed by atoms with E-state index in [2.05, 4.69) is 11.6 Å². The number of hydrogen-bond acceptors (Lipinski definition) is 1. The van der Waals surface area contributed by atoms with Crippen LogP contribution in [0.4, 0.5) is 13.2 Å². The van der Waals surface area contributed by atoms with Crippen LogP contribution in [0.1, 0.15) is 22.8 Å². The third-order valence-electron chi connectivity index (χ3n) is 2.77. The largest absolute Gasteiger partial charge is 0.454 e. The molecular formula is C15H12F3NO. The van der Waals surface area contributed by atoms with Crippen molar-refractivity contribution in [2.24, 2.45) is 0 Å². The van der Waals surface area contributed by atoms with Crippen molar-refractivity contribution in [3.8, 4) is 0 Å². The number of benzene rings is 1. The Balaban J connectivity index is 2.51. The van der Waals surface area contributed by atoms with Crippen LogP contribution in [0.25, 0.3) is 17.0 Å². The van der Waals surface area contributed by atoms with E-state index in [0.29, 0.717) is 11.1 Å². The summed E-state index contributed by atoms with van der Waals surface area (Å²) < 4.78 is 37.5. The van der Waals surface area contributed by atoms with Crippen molar-refractivity contribution in [1.82, 2.24) is 4.98 Å². The molecule has 2 rings (SSSR count). The average molecular weight is 279 g/mol. The van der Waals surface area contributed by atoms with E-state index in [9.17, 15) is 18.0 Å². The van der Waals surface area contributed by atoms with Gasteiger partial charge in [-0.25, -0.2) is 0 Å². The Morgan fingerprint density at radius 3 is 2.65 bits per heavy atom. The van der Waals surface area contributed by atoms with Gasteiger partial charge in [0.1, 0.15) is 0 Å². The zero-order valence-electron chi connectivity index (χ0n) is 10.7. The molecule has 0 aliphatic carbocycles. The molecule has 0 atom stereocenters. The third kappa shape index (κ3) is 2.82. The summed E-state index contributed by atoms with van der Waals surface area (Å²) >= 11 is 0. The highest BCUT2D eigenvalue weighted by molar-refractivity contribution is 6.10. The van der Waals surface area contributed by atoms with Crippen molar-refractivity contribution in [3.63, 3.8) is 0 Å². The summed E-state index contributed by atoms with van der Waals surface area (Å²) in [5.41, 5.74) is 1.66. The van der Waals surface area contributed by atoms with Gasteiger partial charge in [-0.2, -0.15) is 13.2 Å². The molecule has 0 spiro atoms. The van der Waals surface area contributed by atoms with Gasteiger partial charge >= 0.3 is 6.18 Å². The van der Waals surface area contributed by atoms with Gasteiger partial charge in [-0.3, -0.25) is 4.79 Å². The molecule has 1 N–H and O–H groups in total. The molecule has 0 aliphatic rings. The number of fused-ring (bicyclic) bond motifs is 1. The monoisotopic (exact) mass is 279 g/mol. The molecule has 0 unspecified atom stereocenters. The lowest BCUT2D eigenvalue weighted by Crippen LogP contribution is -2.22. The molecule has 20 heavy (non-hydrogen) atoms. The highest BCUT2D eigenvalue weighted by Gasteiger charge is 2.40. The maximum atomic E-state index is 12.5. The first kappa shape index (κ1) is 14.1. The smallest absolute Gasteiger partial charge is 0.360 e. The number of allylic oxidation sites excluding steroid dienone is 2. The topological polar surface area (TPSA) is 32.9 Å². The number of alkyl halides is 3. The molecule has 0 saturated carbocycles. The fraction of sp³-hybridized carbons (Fsp3) is 0.133. The molecule has 0 amide bonds. The molecule has 0 radical (unpaired) electrons. The SMILES string of the molecule is C=C(C)/C=C/c1ccc2[nH]cc(C(=O)C(F)(F)F)c2c1. The molecule has 5 heteroatoms. The first-order valence-corrected chi connectivity index (χ1v) is 5.85. The van der Waals surface area contributed by atoms with Gasteiger partial charge in [0, 0.05) is 17.1 Å². The number of halogens is 3. The van der Waals surface area contributed by atoms with E-state index < -0.39 is 12.0 Å². The van der Waals surface area contributed by atoms with Gasteiger partial charge < -0.3 is 4.98 Å². The van der Waals surface area contributed by atoms with Crippen LogP contribution in [-0.2, 0) is 0 Å². The number of Topliss-reactive ketones (excluding diaryl/α,β-unsaturated/α-hetero) is 1. The number of aromatic nitrogens is 1. The van der Waals surface area contributed by atoms with E-state index in [1.165, 1.54) is 0 Å². The van der Waals surface area contributed by atoms with Gasteiger partial charge in [-0.15, -0.1) is 0 Å². The first-order valence-electron chi connectivity index (χ1n) is 5.85. The second kappa shape index (κ2) is 5.00. The zero-order chi connectivity index (χ0) is 14.9. The van der Waals surface area contributed by atoms with Crippen molar-refractivity contribution >= 4 is 22.8 Å². The van der Waals surface area contributed by atoms with Crippen LogP contribution in [0.5, 0.6) is 0 Å². The predicted octanol–water partition coefficient (Wildman–Crippen LogP) is 4.50. The third-order valence-corrected chi connectivity index (χ3v) is 2.77. The van der Waals surface area contributed by atoms with Gasteiger partial charge in [0.2, 0.25) is 0 Å². The molecule has 104 valence electrons. The fourth-order valence-corrected chi connectivity index (χ4v) is 1.82. The lowest BCUT2D eigenvalue weighted by atomic mass is 10.1. The maximum absolute atomic E-state index is 12.5. The number of rotatable bonds is 3. The summed E-state index contributed by atoms with van der Waals surface area (Å²) in [7, 11) is 0.